The number of nitrogens with two attached hydrogens (primary N) is 1. The molecule has 1 fully saturated rings. The van der Waals surface area contributed by atoms with Crippen molar-refractivity contribution >= 4 is 22.9 Å². The zero-order chi connectivity index (χ0) is 13.4. The topological polar surface area (TPSA) is 64.3 Å². The van der Waals surface area contributed by atoms with Crippen molar-refractivity contribution in [2.75, 3.05) is 11.9 Å². The van der Waals surface area contributed by atoms with E-state index >= 15 is 0 Å². The minimum atomic E-state index is -0.852. The highest BCUT2D eigenvalue weighted by atomic mass is 32.1. The van der Waals surface area contributed by atoms with E-state index in [2.05, 4.69) is 5.32 Å². The van der Waals surface area contributed by atoms with Crippen molar-refractivity contribution in [2.24, 2.45) is 11.1 Å². The summed E-state index contributed by atoms with van der Waals surface area (Å²) in [5, 5.41) is 6.69. The standard InChI is InChI=1S/C13H20N2O2S/c1-4-17-10-7-13(14,12(10,2)3)11(16)15-9-5-6-18-8-9/h5-6,8,10H,4,7,14H2,1-3H3,(H,15,16). The minimum absolute atomic E-state index is 0.0562. The zero-order valence-electron chi connectivity index (χ0n) is 11.0. The normalized spacial score (nSPS) is 29.7. The fraction of sp³-hybridized carbons (Fsp3) is 0.615. The summed E-state index contributed by atoms with van der Waals surface area (Å²) in [4.78, 5) is 12.3. The highest BCUT2D eigenvalue weighted by Crippen LogP contribution is 2.50. The van der Waals surface area contributed by atoms with Gasteiger partial charge in [0.1, 0.15) is 5.54 Å². The van der Waals surface area contributed by atoms with Gasteiger partial charge in [-0.1, -0.05) is 13.8 Å². The van der Waals surface area contributed by atoms with E-state index in [1.165, 1.54) is 0 Å². The molecule has 1 heterocycles. The quantitative estimate of drug-likeness (QED) is 0.880. The SMILES string of the molecule is CCOC1CC(N)(C(=O)Nc2ccsc2)C1(C)C. The van der Waals surface area contributed by atoms with Gasteiger partial charge in [-0.2, -0.15) is 11.3 Å². The molecule has 2 atom stereocenters. The van der Waals surface area contributed by atoms with Crippen LogP contribution in [0.5, 0.6) is 0 Å². The Morgan fingerprint density at radius 1 is 1.67 bits per heavy atom. The molecule has 5 heteroatoms. The lowest BCUT2D eigenvalue weighted by atomic mass is 9.54. The van der Waals surface area contributed by atoms with Crippen LogP contribution in [0.25, 0.3) is 0 Å². The van der Waals surface area contributed by atoms with Gasteiger partial charge in [-0.25, -0.2) is 0 Å². The van der Waals surface area contributed by atoms with Gasteiger partial charge in [0.2, 0.25) is 5.91 Å². The number of rotatable bonds is 4. The molecule has 1 aromatic heterocycles. The summed E-state index contributed by atoms with van der Waals surface area (Å²) in [6.45, 7) is 6.59. The number of nitrogens with one attached hydrogen (secondary N) is 1. The Hall–Kier alpha value is -0.910. The van der Waals surface area contributed by atoms with E-state index in [4.69, 9.17) is 10.5 Å². The Labute approximate surface area is 112 Å². The van der Waals surface area contributed by atoms with Gasteiger partial charge in [0.25, 0.3) is 0 Å². The third-order valence-electron chi connectivity index (χ3n) is 4.01. The van der Waals surface area contributed by atoms with Crippen LogP contribution in [0, 0.1) is 5.41 Å². The molecule has 4 nitrogen and oxygen atoms in total. The van der Waals surface area contributed by atoms with Crippen molar-refractivity contribution < 1.29 is 9.53 Å². The molecule has 0 saturated heterocycles. The average molecular weight is 268 g/mol. The predicted octanol–water partition coefficient (Wildman–Crippen LogP) is 2.22. The summed E-state index contributed by atoms with van der Waals surface area (Å²) in [5.74, 6) is -0.123. The van der Waals surface area contributed by atoms with Gasteiger partial charge in [-0.3, -0.25) is 4.79 Å². The van der Waals surface area contributed by atoms with Crippen molar-refractivity contribution in [2.45, 2.75) is 38.8 Å². The Morgan fingerprint density at radius 2 is 2.39 bits per heavy atom. The summed E-state index contributed by atoms with van der Waals surface area (Å²) in [6, 6.07) is 1.87. The molecule has 1 aliphatic rings. The van der Waals surface area contributed by atoms with E-state index in [-0.39, 0.29) is 17.4 Å². The summed E-state index contributed by atoms with van der Waals surface area (Å²) in [6.07, 6.45) is 0.629. The molecule has 0 spiro atoms. The molecular formula is C13H20N2O2S. The van der Waals surface area contributed by atoms with Gasteiger partial charge in [-0.15, -0.1) is 0 Å². The maximum atomic E-state index is 12.3. The highest BCUT2D eigenvalue weighted by Gasteiger charge is 2.62. The molecule has 0 aromatic carbocycles. The van der Waals surface area contributed by atoms with Crippen LogP contribution in [0.15, 0.2) is 16.8 Å². The van der Waals surface area contributed by atoms with E-state index in [1.54, 1.807) is 11.3 Å². The molecule has 1 saturated carbocycles. The molecule has 2 unspecified atom stereocenters. The maximum Gasteiger partial charge on any atom is 0.245 e. The largest absolute Gasteiger partial charge is 0.378 e. The van der Waals surface area contributed by atoms with Crippen LogP contribution < -0.4 is 11.1 Å². The first-order chi connectivity index (χ1) is 8.41. The van der Waals surface area contributed by atoms with E-state index in [0.29, 0.717) is 13.0 Å². The Bertz CT molecular complexity index is 430. The van der Waals surface area contributed by atoms with Crippen LogP contribution in [0.2, 0.25) is 0 Å². The second-order valence-electron chi connectivity index (χ2n) is 5.31. The van der Waals surface area contributed by atoms with E-state index in [9.17, 15) is 4.79 Å². The van der Waals surface area contributed by atoms with Gasteiger partial charge in [0.15, 0.2) is 0 Å². The van der Waals surface area contributed by atoms with Gasteiger partial charge >= 0.3 is 0 Å². The molecule has 0 aliphatic heterocycles. The number of anilines is 1. The van der Waals surface area contributed by atoms with Crippen LogP contribution in [0.3, 0.4) is 0 Å². The van der Waals surface area contributed by atoms with Crippen molar-refractivity contribution in [1.29, 1.82) is 0 Å². The second-order valence-corrected chi connectivity index (χ2v) is 6.09. The van der Waals surface area contributed by atoms with Crippen molar-refractivity contribution in [1.82, 2.24) is 0 Å². The lowest BCUT2D eigenvalue weighted by molar-refractivity contribution is -0.166. The first-order valence-corrected chi connectivity index (χ1v) is 7.10. The summed E-state index contributed by atoms with van der Waals surface area (Å²) >= 11 is 1.55. The molecule has 18 heavy (non-hydrogen) atoms. The van der Waals surface area contributed by atoms with Crippen LogP contribution in [0.4, 0.5) is 5.69 Å². The first kappa shape index (κ1) is 13.5. The number of thiophene rings is 1. The first-order valence-electron chi connectivity index (χ1n) is 6.16. The third kappa shape index (κ3) is 1.96. The van der Waals surface area contributed by atoms with Crippen molar-refractivity contribution in [3.63, 3.8) is 0 Å². The summed E-state index contributed by atoms with van der Waals surface area (Å²) in [5.41, 5.74) is 5.89. The number of carbonyl (C=O) groups excluding carboxylic acids is 1. The number of ether oxygens (including phenoxy) is 1. The van der Waals surface area contributed by atoms with Gasteiger partial charge in [-0.05, 0) is 18.4 Å². The number of hydrogen-bond acceptors (Lipinski definition) is 4. The van der Waals surface area contributed by atoms with E-state index in [1.807, 2.05) is 37.6 Å². The molecular weight excluding hydrogens is 248 g/mol. The smallest absolute Gasteiger partial charge is 0.245 e. The zero-order valence-corrected chi connectivity index (χ0v) is 11.8. The number of carbonyl (C=O) groups is 1. The molecule has 100 valence electrons. The summed E-state index contributed by atoms with van der Waals surface area (Å²) in [7, 11) is 0. The molecule has 1 aromatic rings. The second kappa shape index (κ2) is 4.64. The lowest BCUT2D eigenvalue weighted by Crippen LogP contribution is -2.74. The monoisotopic (exact) mass is 268 g/mol. The van der Waals surface area contributed by atoms with Crippen molar-refractivity contribution in [3.8, 4) is 0 Å². The van der Waals surface area contributed by atoms with Gasteiger partial charge in [0.05, 0.1) is 11.8 Å². The van der Waals surface area contributed by atoms with Crippen LogP contribution in [-0.2, 0) is 9.53 Å². The Balaban J connectivity index is 2.06. The van der Waals surface area contributed by atoms with Crippen LogP contribution in [-0.4, -0.2) is 24.2 Å². The summed E-state index contributed by atoms with van der Waals surface area (Å²) < 4.78 is 5.62. The predicted molar refractivity (Wildman–Crippen MR) is 73.7 cm³/mol. The molecule has 1 aliphatic carbocycles. The van der Waals surface area contributed by atoms with Crippen LogP contribution >= 0.6 is 11.3 Å². The van der Waals surface area contributed by atoms with Crippen LogP contribution in [0.1, 0.15) is 27.2 Å². The molecule has 2 rings (SSSR count). The maximum absolute atomic E-state index is 12.3. The third-order valence-corrected chi connectivity index (χ3v) is 4.70. The van der Waals surface area contributed by atoms with E-state index < -0.39 is 5.54 Å². The fourth-order valence-electron chi connectivity index (χ4n) is 2.40. The molecule has 0 bridgehead atoms. The number of hydrogen-bond donors (Lipinski definition) is 2. The fourth-order valence-corrected chi connectivity index (χ4v) is 2.99. The van der Waals surface area contributed by atoms with Gasteiger partial charge in [0, 0.05) is 23.8 Å². The molecule has 3 N–H and O–H groups in total. The Morgan fingerprint density at radius 3 is 2.89 bits per heavy atom. The minimum Gasteiger partial charge on any atom is -0.378 e. The molecule has 0 radical (unpaired) electrons. The molecule has 1 amide bonds. The Kier molecular flexibility index (Phi) is 3.49. The van der Waals surface area contributed by atoms with E-state index in [0.717, 1.165) is 5.69 Å². The highest BCUT2D eigenvalue weighted by molar-refractivity contribution is 7.08. The van der Waals surface area contributed by atoms with Gasteiger partial charge < -0.3 is 15.8 Å². The van der Waals surface area contributed by atoms with Crippen molar-refractivity contribution in [3.05, 3.63) is 16.8 Å². The average Bonchev–Trinajstić information content (AvgIpc) is 2.81. The number of amides is 1. The lowest BCUT2D eigenvalue weighted by Gasteiger charge is -2.57.